The summed E-state index contributed by atoms with van der Waals surface area (Å²) in [5.41, 5.74) is 1.76. The highest BCUT2D eigenvalue weighted by molar-refractivity contribution is 5.71. The molecule has 0 radical (unpaired) electrons. The Bertz CT molecular complexity index is 428. The van der Waals surface area contributed by atoms with Gasteiger partial charge in [-0.1, -0.05) is 12.1 Å². The minimum absolute atomic E-state index is 0.845. The second-order valence-corrected chi connectivity index (χ2v) is 2.41. The van der Waals surface area contributed by atoms with Crippen molar-refractivity contribution in [2.45, 2.75) is 0 Å². The van der Waals surface area contributed by atoms with Crippen LogP contribution in [-0.4, -0.2) is 15.4 Å². The molecule has 14 heavy (non-hydrogen) atoms. The molecule has 0 atom stereocenters. The van der Waals surface area contributed by atoms with Crippen LogP contribution in [0.4, 0.5) is 0 Å². The van der Waals surface area contributed by atoms with Gasteiger partial charge in [0.05, 0.1) is 6.20 Å². The zero-order chi connectivity index (χ0) is 9.64. The van der Waals surface area contributed by atoms with Gasteiger partial charge in [-0.05, 0) is 12.1 Å². The third-order valence-corrected chi connectivity index (χ3v) is 1.52. The van der Waals surface area contributed by atoms with Gasteiger partial charge in [0, 0.05) is 5.27 Å². The third-order valence-electron chi connectivity index (χ3n) is 1.52. The summed E-state index contributed by atoms with van der Waals surface area (Å²) in [6, 6.07) is 7.67. The van der Waals surface area contributed by atoms with E-state index in [0.29, 0.717) is 0 Å². The zero-order valence-electron chi connectivity index (χ0n) is 7.20. The van der Waals surface area contributed by atoms with E-state index in [0.717, 1.165) is 11.1 Å². The molecule has 0 fully saturated rings. The molecule has 3 rings (SSSR count). The number of oxazole rings is 1. The molecule has 0 amide bonds. The largest absolute Gasteiger partial charge is 0.443 e. The summed E-state index contributed by atoms with van der Waals surface area (Å²) in [6.45, 7) is 0. The summed E-state index contributed by atoms with van der Waals surface area (Å²) in [4.78, 5) is 3.95. The number of hydrogen-bond acceptors (Lipinski definition) is 5. The van der Waals surface area contributed by atoms with E-state index in [1.165, 1.54) is 18.9 Å². The molecule has 3 aromatic rings. The predicted molar refractivity (Wildman–Crippen MR) is 48.3 cm³/mol. The summed E-state index contributed by atoms with van der Waals surface area (Å²) >= 11 is 0. The first-order valence-electron chi connectivity index (χ1n) is 3.96. The van der Waals surface area contributed by atoms with Crippen molar-refractivity contribution in [3.63, 3.8) is 0 Å². The zero-order valence-corrected chi connectivity index (χ0v) is 7.20. The number of fused-ring (bicyclic) bond motifs is 1. The van der Waals surface area contributed by atoms with E-state index in [-0.39, 0.29) is 0 Å². The Balaban J connectivity index is 0.000000128. The Morgan fingerprint density at radius 3 is 2.71 bits per heavy atom. The second kappa shape index (κ2) is 4.18. The average Bonchev–Trinajstić information content (AvgIpc) is 2.92. The summed E-state index contributed by atoms with van der Waals surface area (Å²) in [5.74, 6) is 0. The van der Waals surface area contributed by atoms with Gasteiger partial charge >= 0.3 is 0 Å². The van der Waals surface area contributed by atoms with Crippen molar-refractivity contribution < 1.29 is 8.94 Å². The number of hydrogen-bond donors (Lipinski definition) is 0. The number of rotatable bonds is 0. The monoisotopic (exact) mass is 189 g/mol. The number of aromatic nitrogens is 3. The normalized spacial score (nSPS) is 9.43. The average molecular weight is 189 g/mol. The molecule has 2 heterocycles. The maximum atomic E-state index is 5.01. The summed E-state index contributed by atoms with van der Waals surface area (Å²) < 4.78 is 9.23. The van der Waals surface area contributed by atoms with Crippen LogP contribution < -0.4 is 0 Å². The number of nitrogens with zero attached hydrogens (tertiary/aromatic N) is 3. The molecule has 0 spiro atoms. The smallest absolute Gasteiger partial charge is 0.181 e. The van der Waals surface area contributed by atoms with Crippen LogP contribution in [0.3, 0.4) is 0 Å². The number of benzene rings is 1. The standard InChI is InChI=1S/C7H5NO.C2H2N2O/c1-2-4-7-6(3-1)8-5-9-7;1-2-5-4-3-1/h1-5H;1-2H. The first kappa shape index (κ1) is 8.43. The summed E-state index contributed by atoms with van der Waals surface area (Å²) in [6.07, 6.45) is 4.32. The SMILES string of the molecule is c1ccc2ocnc2c1.c1conn1. The van der Waals surface area contributed by atoms with Crippen LogP contribution in [0.1, 0.15) is 0 Å². The quantitative estimate of drug-likeness (QED) is 0.540. The van der Waals surface area contributed by atoms with Gasteiger partial charge in [0.2, 0.25) is 0 Å². The fourth-order valence-corrected chi connectivity index (χ4v) is 0.939. The van der Waals surface area contributed by atoms with Gasteiger partial charge in [-0.25, -0.2) is 4.98 Å². The van der Waals surface area contributed by atoms with Crippen LogP contribution in [0.2, 0.25) is 0 Å². The predicted octanol–water partition coefficient (Wildman–Crippen LogP) is 1.90. The van der Waals surface area contributed by atoms with Crippen molar-refractivity contribution in [1.82, 2.24) is 15.4 Å². The molecule has 0 aliphatic heterocycles. The van der Waals surface area contributed by atoms with Gasteiger partial charge in [-0.3, -0.25) is 0 Å². The molecule has 0 unspecified atom stereocenters. The molecule has 0 saturated carbocycles. The van der Waals surface area contributed by atoms with E-state index < -0.39 is 0 Å². The molecule has 0 N–H and O–H groups in total. The van der Waals surface area contributed by atoms with Crippen LogP contribution >= 0.6 is 0 Å². The summed E-state index contributed by atoms with van der Waals surface area (Å²) in [7, 11) is 0. The Morgan fingerprint density at radius 1 is 1.14 bits per heavy atom. The van der Waals surface area contributed by atoms with E-state index >= 15 is 0 Å². The van der Waals surface area contributed by atoms with Crippen LogP contribution in [0, 0.1) is 0 Å². The molecule has 0 aliphatic carbocycles. The minimum atomic E-state index is 0.845. The first-order valence-corrected chi connectivity index (χ1v) is 3.96. The highest BCUT2D eigenvalue weighted by atomic mass is 16.5. The summed E-state index contributed by atoms with van der Waals surface area (Å²) in [5, 5.41) is 6.40. The van der Waals surface area contributed by atoms with E-state index in [2.05, 4.69) is 19.9 Å². The van der Waals surface area contributed by atoms with Crippen molar-refractivity contribution in [3.8, 4) is 0 Å². The van der Waals surface area contributed by atoms with Crippen LogP contribution in [0.25, 0.3) is 11.1 Å². The van der Waals surface area contributed by atoms with Crippen LogP contribution in [0.15, 0.2) is 52.1 Å². The molecule has 1 aromatic carbocycles. The molecular formula is C9H7N3O2. The maximum Gasteiger partial charge on any atom is 0.181 e. The van der Waals surface area contributed by atoms with Gasteiger partial charge in [-0.2, -0.15) is 0 Å². The maximum absolute atomic E-state index is 5.01. The fraction of sp³-hybridized carbons (Fsp3) is 0. The second-order valence-electron chi connectivity index (χ2n) is 2.41. The topological polar surface area (TPSA) is 65.0 Å². The lowest BCUT2D eigenvalue weighted by Crippen LogP contribution is -1.61. The van der Waals surface area contributed by atoms with Gasteiger partial charge < -0.3 is 8.94 Å². The molecule has 2 aromatic heterocycles. The molecule has 5 nitrogen and oxygen atoms in total. The lowest BCUT2D eigenvalue weighted by Gasteiger charge is -1.79. The highest BCUT2D eigenvalue weighted by Crippen LogP contribution is 2.09. The minimum Gasteiger partial charge on any atom is -0.443 e. The van der Waals surface area contributed by atoms with Gasteiger partial charge in [0.15, 0.2) is 12.0 Å². The van der Waals surface area contributed by atoms with Gasteiger partial charge in [0.25, 0.3) is 0 Å². The fourth-order valence-electron chi connectivity index (χ4n) is 0.939. The Kier molecular flexibility index (Phi) is 2.51. The van der Waals surface area contributed by atoms with E-state index in [1.807, 2.05) is 24.3 Å². The molecule has 70 valence electrons. The first-order chi connectivity index (χ1) is 6.97. The van der Waals surface area contributed by atoms with Crippen LogP contribution in [0.5, 0.6) is 0 Å². The molecular weight excluding hydrogens is 182 g/mol. The molecule has 0 bridgehead atoms. The van der Waals surface area contributed by atoms with E-state index in [4.69, 9.17) is 4.42 Å². The Hall–Kier alpha value is -2.17. The van der Waals surface area contributed by atoms with Crippen molar-refractivity contribution in [3.05, 3.63) is 43.1 Å². The third kappa shape index (κ3) is 1.95. The number of para-hydroxylation sites is 2. The van der Waals surface area contributed by atoms with Crippen molar-refractivity contribution >= 4 is 11.1 Å². The van der Waals surface area contributed by atoms with Crippen molar-refractivity contribution in [2.24, 2.45) is 0 Å². The van der Waals surface area contributed by atoms with E-state index in [1.54, 1.807) is 0 Å². The van der Waals surface area contributed by atoms with Crippen LogP contribution in [-0.2, 0) is 0 Å². The lowest BCUT2D eigenvalue weighted by molar-refractivity contribution is 0.393. The molecule has 5 heteroatoms. The molecule has 0 saturated heterocycles. The molecule has 0 aliphatic rings. The van der Waals surface area contributed by atoms with E-state index in [9.17, 15) is 0 Å². The highest BCUT2D eigenvalue weighted by Gasteiger charge is 1.91. The lowest BCUT2D eigenvalue weighted by atomic mass is 10.3. The van der Waals surface area contributed by atoms with Gasteiger partial charge in [0.1, 0.15) is 11.8 Å². The Morgan fingerprint density at radius 2 is 2.07 bits per heavy atom. The van der Waals surface area contributed by atoms with Gasteiger partial charge in [-0.15, -0.1) is 5.10 Å². The van der Waals surface area contributed by atoms with Crippen molar-refractivity contribution in [1.29, 1.82) is 0 Å². The van der Waals surface area contributed by atoms with Crippen molar-refractivity contribution in [2.75, 3.05) is 0 Å². The Labute approximate surface area is 79.3 Å².